The molecule has 1 heterocycles. The topological polar surface area (TPSA) is 95.4 Å². The van der Waals surface area contributed by atoms with Crippen molar-refractivity contribution in [2.75, 3.05) is 14.1 Å². The number of nitrogens with one attached hydrogen (secondary N) is 1. The Balaban J connectivity index is 1.81. The minimum Gasteiger partial charge on any atom is -0.391 e. The zero-order valence-corrected chi connectivity index (χ0v) is 21.0. The fraction of sp³-hybridized carbons (Fsp3) is 0.429. The fourth-order valence-corrected chi connectivity index (χ4v) is 4.16. The zero-order valence-electron chi connectivity index (χ0n) is 21.0. The van der Waals surface area contributed by atoms with Crippen molar-refractivity contribution in [3.05, 3.63) is 72.1 Å². The van der Waals surface area contributed by atoms with E-state index in [0.717, 1.165) is 12.0 Å². The molecule has 0 spiro atoms. The SMILES string of the molecule is CC(C)CC[C@H](C[C@H](O)[C@H](Cc1ccccc1)NC(=O)c1cnc2ccccc2n1)C(=O)N(C)C. The van der Waals surface area contributed by atoms with Gasteiger partial charge < -0.3 is 15.3 Å². The molecule has 0 unspecified atom stereocenters. The highest BCUT2D eigenvalue weighted by Crippen LogP contribution is 2.22. The number of nitrogens with zero attached hydrogens (tertiary/aromatic N) is 3. The molecule has 0 aliphatic heterocycles. The summed E-state index contributed by atoms with van der Waals surface area (Å²) in [6.07, 6.45) is 2.82. The molecular formula is C28H36N4O3. The van der Waals surface area contributed by atoms with Gasteiger partial charge in [0.25, 0.3) is 5.91 Å². The molecule has 0 bridgehead atoms. The fourth-order valence-electron chi connectivity index (χ4n) is 4.16. The number of hydrogen-bond acceptors (Lipinski definition) is 5. The molecule has 2 aromatic carbocycles. The number of carbonyl (C=O) groups is 2. The summed E-state index contributed by atoms with van der Waals surface area (Å²) in [6.45, 7) is 4.24. The minimum atomic E-state index is -0.909. The molecular weight excluding hydrogens is 440 g/mol. The van der Waals surface area contributed by atoms with Gasteiger partial charge in [-0.1, -0.05) is 62.7 Å². The predicted molar refractivity (Wildman–Crippen MR) is 138 cm³/mol. The molecule has 1 aromatic heterocycles. The summed E-state index contributed by atoms with van der Waals surface area (Å²) in [4.78, 5) is 36.3. The highest BCUT2D eigenvalue weighted by Gasteiger charge is 2.29. The maximum absolute atomic E-state index is 13.1. The second-order valence-electron chi connectivity index (χ2n) is 9.72. The monoisotopic (exact) mass is 476 g/mol. The molecule has 0 aliphatic carbocycles. The van der Waals surface area contributed by atoms with Crippen LogP contribution in [0, 0.1) is 11.8 Å². The first-order valence-electron chi connectivity index (χ1n) is 12.2. The van der Waals surface area contributed by atoms with Gasteiger partial charge in [-0.3, -0.25) is 14.6 Å². The third-order valence-electron chi connectivity index (χ3n) is 6.17. The number of amides is 2. The van der Waals surface area contributed by atoms with E-state index in [9.17, 15) is 14.7 Å². The van der Waals surface area contributed by atoms with Crippen LogP contribution in [0.4, 0.5) is 0 Å². The summed E-state index contributed by atoms with van der Waals surface area (Å²) in [5.41, 5.74) is 2.51. The van der Waals surface area contributed by atoms with Gasteiger partial charge in [0, 0.05) is 20.0 Å². The first kappa shape index (κ1) is 26.3. The van der Waals surface area contributed by atoms with Crippen LogP contribution >= 0.6 is 0 Å². The van der Waals surface area contributed by atoms with E-state index in [1.165, 1.54) is 6.20 Å². The molecule has 0 aliphatic rings. The van der Waals surface area contributed by atoms with Crippen molar-refractivity contribution < 1.29 is 14.7 Å². The van der Waals surface area contributed by atoms with Crippen LogP contribution in [0.2, 0.25) is 0 Å². The van der Waals surface area contributed by atoms with E-state index in [4.69, 9.17) is 0 Å². The molecule has 186 valence electrons. The van der Waals surface area contributed by atoms with Gasteiger partial charge >= 0.3 is 0 Å². The Morgan fingerprint density at radius 3 is 2.29 bits per heavy atom. The average Bonchev–Trinajstić information content (AvgIpc) is 2.85. The molecule has 0 radical (unpaired) electrons. The number of rotatable bonds is 11. The lowest BCUT2D eigenvalue weighted by Crippen LogP contribution is -2.47. The lowest BCUT2D eigenvalue weighted by atomic mass is 9.88. The molecule has 3 atom stereocenters. The van der Waals surface area contributed by atoms with Gasteiger partial charge in [-0.2, -0.15) is 0 Å². The van der Waals surface area contributed by atoms with Gasteiger partial charge in [0.1, 0.15) is 5.69 Å². The van der Waals surface area contributed by atoms with Gasteiger partial charge in [0.05, 0.1) is 29.4 Å². The van der Waals surface area contributed by atoms with Crippen LogP contribution in [0.1, 0.15) is 49.2 Å². The molecule has 2 N–H and O–H groups in total. The van der Waals surface area contributed by atoms with Gasteiger partial charge in [-0.05, 0) is 42.9 Å². The third kappa shape index (κ3) is 7.59. The van der Waals surface area contributed by atoms with Crippen LogP contribution in [0.5, 0.6) is 0 Å². The summed E-state index contributed by atoms with van der Waals surface area (Å²) in [6, 6.07) is 16.5. The Morgan fingerprint density at radius 1 is 0.971 bits per heavy atom. The van der Waals surface area contributed by atoms with Crippen LogP contribution < -0.4 is 5.32 Å². The second kappa shape index (κ2) is 12.4. The number of aromatic nitrogens is 2. The summed E-state index contributed by atoms with van der Waals surface area (Å²) >= 11 is 0. The largest absolute Gasteiger partial charge is 0.391 e. The van der Waals surface area contributed by atoms with Crippen molar-refractivity contribution in [3.63, 3.8) is 0 Å². The zero-order chi connectivity index (χ0) is 25.4. The van der Waals surface area contributed by atoms with Gasteiger partial charge in [-0.25, -0.2) is 4.98 Å². The lowest BCUT2D eigenvalue weighted by molar-refractivity contribution is -0.134. The molecule has 0 saturated heterocycles. The number of hydrogen-bond donors (Lipinski definition) is 2. The summed E-state index contributed by atoms with van der Waals surface area (Å²) in [5.74, 6) is -0.273. The van der Waals surface area contributed by atoms with Crippen molar-refractivity contribution in [2.24, 2.45) is 11.8 Å². The third-order valence-corrected chi connectivity index (χ3v) is 6.17. The Bertz CT molecular complexity index is 1120. The molecule has 3 aromatic rings. The second-order valence-corrected chi connectivity index (χ2v) is 9.72. The maximum atomic E-state index is 13.1. The van der Waals surface area contributed by atoms with Crippen molar-refractivity contribution >= 4 is 22.8 Å². The number of para-hydroxylation sites is 2. The molecule has 7 nitrogen and oxygen atoms in total. The number of benzene rings is 2. The maximum Gasteiger partial charge on any atom is 0.271 e. The Hall–Kier alpha value is -3.32. The summed E-state index contributed by atoms with van der Waals surface area (Å²) in [5, 5.41) is 14.3. The molecule has 0 fully saturated rings. The normalized spacial score (nSPS) is 13.9. The van der Waals surface area contributed by atoms with Gasteiger partial charge in [0.2, 0.25) is 5.91 Å². The van der Waals surface area contributed by atoms with Gasteiger partial charge in [-0.15, -0.1) is 0 Å². The van der Waals surface area contributed by atoms with E-state index < -0.39 is 18.1 Å². The number of aliphatic hydroxyl groups excluding tert-OH is 1. The van der Waals surface area contributed by atoms with Crippen LogP contribution in [0.3, 0.4) is 0 Å². The van der Waals surface area contributed by atoms with Crippen molar-refractivity contribution in [1.82, 2.24) is 20.2 Å². The van der Waals surface area contributed by atoms with Crippen LogP contribution in [0.25, 0.3) is 11.0 Å². The lowest BCUT2D eigenvalue weighted by Gasteiger charge is -2.29. The highest BCUT2D eigenvalue weighted by molar-refractivity contribution is 5.94. The van der Waals surface area contributed by atoms with Crippen LogP contribution in [0.15, 0.2) is 60.8 Å². The van der Waals surface area contributed by atoms with E-state index >= 15 is 0 Å². The predicted octanol–water partition coefficient (Wildman–Crippen LogP) is 3.86. The smallest absolute Gasteiger partial charge is 0.271 e. The number of fused-ring (bicyclic) bond motifs is 1. The van der Waals surface area contributed by atoms with E-state index in [-0.39, 0.29) is 23.9 Å². The Kier molecular flexibility index (Phi) is 9.32. The molecule has 7 heteroatoms. The molecule has 2 amide bonds. The Morgan fingerprint density at radius 2 is 1.63 bits per heavy atom. The summed E-state index contributed by atoms with van der Waals surface area (Å²) in [7, 11) is 3.47. The molecule has 35 heavy (non-hydrogen) atoms. The van der Waals surface area contributed by atoms with E-state index in [1.807, 2.05) is 54.6 Å². The average molecular weight is 477 g/mol. The first-order chi connectivity index (χ1) is 16.7. The standard InChI is InChI=1S/C28H36N4O3/c1-19(2)14-15-21(28(35)32(3)4)17-26(33)24(16-20-10-6-5-7-11-20)31-27(34)25-18-29-22-12-8-9-13-23(22)30-25/h5-13,18-19,21,24,26,33H,14-17H2,1-4H3,(H,31,34)/t21-,24+,26+/m1/s1. The molecule has 0 saturated carbocycles. The molecule has 3 rings (SSSR count). The van der Waals surface area contributed by atoms with Crippen LogP contribution in [-0.2, 0) is 11.2 Å². The Labute approximate surface area is 207 Å². The minimum absolute atomic E-state index is 0.00474. The van der Waals surface area contributed by atoms with E-state index in [2.05, 4.69) is 29.1 Å². The quantitative estimate of drug-likeness (QED) is 0.438. The number of carbonyl (C=O) groups excluding carboxylic acids is 2. The van der Waals surface area contributed by atoms with Gasteiger partial charge in [0.15, 0.2) is 0 Å². The first-order valence-corrected chi connectivity index (χ1v) is 12.2. The van der Waals surface area contributed by atoms with Crippen LogP contribution in [-0.4, -0.2) is 58.0 Å². The van der Waals surface area contributed by atoms with E-state index in [1.54, 1.807) is 19.0 Å². The van der Waals surface area contributed by atoms with Crippen molar-refractivity contribution in [3.8, 4) is 0 Å². The van der Waals surface area contributed by atoms with Crippen molar-refractivity contribution in [2.45, 2.75) is 51.7 Å². The van der Waals surface area contributed by atoms with E-state index in [0.29, 0.717) is 29.8 Å². The highest BCUT2D eigenvalue weighted by atomic mass is 16.3. The number of aliphatic hydroxyl groups is 1. The summed E-state index contributed by atoms with van der Waals surface area (Å²) < 4.78 is 0. The van der Waals surface area contributed by atoms with Crippen molar-refractivity contribution in [1.29, 1.82) is 0 Å².